The minimum absolute atomic E-state index is 0.0493. The third kappa shape index (κ3) is 3.63. The number of carbonyl (C=O) groups excluding carboxylic acids is 1. The fourth-order valence-electron chi connectivity index (χ4n) is 3.09. The number of hydrogen-bond acceptors (Lipinski definition) is 6. The molecule has 0 atom stereocenters. The molecule has 2 aromatic heterocycles. The van der Waals surface area contributed by atoms with Crippen molar-refractivity contribution in [3.8, 4) is 0 Å². The molecule has 9 heteroatoms. The van der Waals surface area contributed by atoms with Crippen molar-refractivity contribution in [1.29, 1.82) is 0 Å². The van der Waals surface area contributed by atoms with E-state index in [0.717, 1.165) is 36.5 Å². The summed E-state index contributed by atoms with van der Waals surface area (Å²) in [5, 5.41) is 1.60. The van der Waals surface area contributed by atoms with Gasteiger partial charge in [0.2, 0.25) is 10.0 Å². The van der Waals surface area contributed by atoms with E-state index in [4.69, 9.17) is 0 Å². The highest BCUT2D eigenvalue weighted by Gasteiger charge is 2.33. The van der Waals surface area contributed by atoms with Crippen LogP contribution in [-0.4, -0.2) is 48.4 Å². The normalized spacial score (nSPS) is 16.9. The zero-order valence-corrected chi connectivity index (χ0v) is 15.8. The zero-order chi connectivity index (χ0) is 18.0. The fourth-order valence-corrected chi connectivity index (χ4v) is 5.87. The first-order valence-corrected chi connectivity index (χ1v) is 10.4. The summed E-state index contributed by atoms with van der Waals surface area (Å²) >= 11 is 1.09. The predicted octanol–water partition coefficient (Wildman–Crippen LogP) is 2.14. The van der Waals surface area contributed by atoms with E-state index in [1.54, 1.807) is 11.6 Å². The fraction of sp³-hybridized carbons (Fsp3) is 0.500. The molecular weight excluding hydrogens is 362 g/mol. The number of piperidine rings is 1. The maximum absolute atomic E-state index is 12.9. The van der Waals surface area contributed by atoms with E-state index in [9.17, 15) is 13.2 Å². The van der Waals surface area contributed by atoms with Crippen molar-refractivity contribution in [1.82, 2.24) is 13.9 Å². The summed E-state index contributed by atoms with van der Waals surface area (Å²) in [6.07, 6.45) is 5.30. The molecule has 3 rings (SSSR count). The van der Waals surface area contributed by atoms with Gasteiger partial charge in [-0.05, 0) is 37.1 Å². The number of ether oxygens (including phenoxy) is 1. The summed E-state index contributed by atoms with van der Waals surface area (Å²) in [5.41, 5.74) is 0. The average Bonchev–Trinajstić information content (AvgIpc) is 3.25. The van der Waals surface area contributed by atoms with Crippen molar-refractivity contribution in [2.24, 2.45) is 5.92 Å². The SMILES string of the molecule is COC(=O)c1sccc1S(=O)(=O)N1CCC(Cn2ccnc2C)CC1. The Kier molecular flexibility index (Phi) is 5.26. The number of sulfonamides is 1. The molecule has 3 heterocycles. The van der Waals surface area contributed by atoms with Crippen molar-refractivity contribution in [3.05, 3.63) is 34.5 Å². The second kappa shape index (κ2) is 7.27. The Morgan fingerprint density at radius 1 is 1.40 bits per heavy atom. The minimum Gasteiger partial charge on any atom is -0.465 e. The van der Waals surface area contributed by atoms with Gasteiger partial charge in [0.05, 0.1) is 7.11 Å². The Morgan fingerprint density at radius 2 is 2.12 bits per heavy atom. The maximum atomic E-state index is 12.9. The standard InChI is InChI=1S/C16H21N3O4S2/c1-12-17-6-9-18(12)11-13-3-7-19(8-4-13)25(21,22)14-5-10-24-15(14)16(20)23-2/h5-6,9-10,13H,3-4,7-8,11H2,1-2H3. The van der Waals surface area contributed by atoms with Gasteiger partial charge in [0.25, 0.3) is 0 Å². The van der Waals surface area contributed by atoms with E-state index < -0.39 is 16.0 Å². The molecule has 0 amide bonds. The molecule has 0 radical (unpaired) electrons. The summed E-state index contributed by atoms with van der Waals surface area (Å²) in [4.78, 5) is 16.2. The molecule has 2 aromatic rings. The van der Waals surface area contributed by atoms with Gasteiger partial charge >= 0.3 is 5.97 Å². The van der Waals surface area contributed by atoms with Gasteiger partial charge < -0.3 is 9.30 Å². The van der Waals surface area contributed by atoms with Crippen molar-refractivity contribution in [3.63, 3.8) is 0 Å². The lowest BCUT2D eigenvalue weighted by Crippen LogP contribution is -2.39. The number of methoxy groups -OCH3 is 1. The molecule has 1 saturated heterocycles. The molecule has 0 unspecified atom stereocenters. The van der Waals surface area contributed by atoms with Crippen LogP contribution in [0.3, 0.4) is 0 Å². The molecule has 0 aliphatic carbocycles. The number of carbonyl (C=O) groups is 1. The smallest absolute Gasteiger partial charge is 0.349 e. The van der Waals surface area contributed by atoms with Gasteiger partial charge in [0.1, 0.15) is 15.6 Å². The minimum atomic E-state index is -3.67. The van der Waals surface area contributed by atoms with Crippen LogP contribution in [0.2, 0.25) is 0 Å². The van der Waals surface area contributed by atoms with Crippen LogP contribution in [0.1, 0.15) is 28.3 Å². The Labute approximate surface area is 151 Å². The molecule has 136 valence electrons. The lowest BCUT2D eigenvalue weighted by atomic mass is 9.98. The number of nitrogens with zero attached hydrogens (tertiary/aromatic N) is 3. The lowest BCUT2D eigenvalue weighted by Gasteiger charge is -2.31. The maximum Gasteiger partial charge on any atom is 0.349 e. The highest BCUT2D eigenvalue weighted by atomic mass is 32.2. The van der Waals surface area contributed by atoms with Crippen molar-refractivity contribution < 1.29 is 17.9 Å². The third-order valence-corrected chi connectivity index (χ3v) is 7.53. The van der Waals surface area contributed by atoms with Crippen LogP contribution in [-0.2, 0) is 21.3 Å². The first-order chi connectivity index (χ1) is 11.9. The summed E-state index contributed by atoms with van der Waals surface area (Å²) in [6, 6.07) is 1.48. The Morgan fingerprint density at radius 3 is 2.72 bits per heavy atom. The third-order valence-electron chi connectivity index (χ3n) is 4.57. The van der Waals surface area contributed by atoms with E-state index in [0.29, 0.717) is 19.0 Å². The van der Waals surface area contributed by atoms with E-state index >= 15 is 0 Å². The van der Waals surface area contributed by atoms with Gasteiger partial charge in [-0.2, -0.15) is 4.31 Å². The monoisotopic (exact) mass is 383 g/mol. The van der Waals surface area contributed by atoms with Gasteiger partial charge in [0.15, 0.2) is 0 Å². The van der Waals surface area contributed by atoms with Gasteiger partial charge in [-0.25, -0.2) is 18.2 Å². The lowest BCUT2D eigenvalue weighted by molar-refractivity contribution is 0.0602. The number of rotatable bonds is 5. The second-order valence-corrected chi connectivity index (χ2v) is 8.90. The van der Waals surface area contributed by atoms with Crippen LogP contribution in [0, 0.1) is 12.8 Å². The molecule has 1 fully saturated rings. The molecule has 25 heavy (non-hydrogen) atoms. The molecule has 0 saturated carbocycles. The van der Waals surface area contributed by atoms with E-state index in [1.807, 2.05) is 13.1 Å². The first-order valence-electron chi connectivity index (χ1n) is 8.07. The Hall–Kier alpha value is -1.71. The van der Waals surface area contributed by atoms with Crippen LogP contribution < -0.4 is 0 Å². The van der Waals surface area contributed by atoms with Crippen LogP contribution in [0.25, 0.3) is 0 Å². The molecule has 0 N–H and O–H groups in total. The van der Waals surface area contributed by atoms with Crippen molar-refractivity contribution in [2.45, 2.75) is 31.2 Å². The Balaban J connectivity index is 1.69. The van der Waals surface area contributed by atoms with Crippen LogP contribution in [0.15, 0.2) is 28.7 Å². The highest BCUT2D eigenvalue weighted by molar-refractivity contribution is 7.89. The number of hydrogen-bond donors (Lipinski definition) is 0. The zero-order valence-electron chi connectivity index (χ0n) is 14.2. The largest absolute Gasteiger partial charge is 0.465 e. The second-order valence-electron chi connectivity index (χ2n) is 6.08. The average molecular weight is 383 g/mol. The van der Waals surface area contributed by atoms with Crippen molar-refractivity contribution >= 4 is 27.3 Å². The molecule has 0 spiro atoms. The van der Waals surface area contributed by atoms with E-state index in [-0.39, 0.29) is 9.77 Å². The molecule has 1 aliphatic heterocycles. The molecular formula is C16H21N3O4S2. The molecule has 0 bridgehead atoms. The summed E-state index contributed by atoms with van der Waals surface area (Å²) in [5.74, 6) is 0.775. The molecule has 7 nitrogen and oxygen atoms in total. The number of aryl methyl sites for hydroxylation is 1. The van der Waals surface area contributed by atoms with Gasteiger partial charge in [-0.1, -0.05) is 0 Å². The highest BCUT2D eigenvalue weighted by Crippen LogP contribution is 2.29. The summed E-state index contributed by atoms with van der Waals surface area (Å²) in [7, 11) is -2.42. The number of thiophene rings is 1. The van der Waals surface area contributed by atoms with E-state index in [2.05, 4.69) is 14.3 Å². The topological polar surface area (TPSA) is 81.5 Å². The number of aromatic nitrogens is 2. The molecule has 1 aliphatic rings. The summed E-state index contributed by atoms with van der Waals surface area (Å²) in [6.45, 7) is 3.73. The number of imidazole rings is 1. The predicted molar refractivity (Wildman–Crippen MR) is 94.1 cm³/mol. The van der Waals surface area contributed by atoms with Gasteiger partial charge in [0, 0.05) is 32.0 Å². The van der Waals surface area contributed by atoms with Crippen LogP contribution >= 0.6 is 11.3 Å². The van der Waals surface area contributed by atoms with Crippen LogP contribution in [0.4, 0.5) is 0 Å². The van der Waals surface area contributed by atoms with Crippen molar-refractivity contribution in [2.75, 3.05) is 20.2 Å². The molecule has 0 aromatic carbocycles. The summed E-state index contributed by atoms with van der Waals surface area (Å²) < 4.78 is 34.0. The van der Waals surface area contributed by atoms with Gasteiger partial charge in [-0.15, -0.1) is 11.3 Å². The Bertz CT molecular complexity index is 848. The first kappa shape index (κ1) is 18.1. The quantitative estimate of drug-likeness (QED) is 0.739. The van der Waals surface area contributed by atoms with Crippen LogP contribution in [0.5, 0.6) is 0 Å². The number of esters is 1. The van der Waals surface area contributed by atoms with E-state index in [1.165, 1.54) is 17.5 Å². The van der Waals surface area contributed by atoms with Gasteiger partial charge in [-0.3, -0.25) is 0 Å².